The lowest BCUT2D eigenvalue weighted by Crippen LogP contribution is -2.29. The smallest absolute Gasteiger partial charge is 0.196 e. The highest BCUT2D eigenvalue weighted by Gasteiger charge is 2.31. The number of nitrogens with zero attached hydrogens (tertiary/aromatic N) is 1. The zero-order valence-corrected chi connectivity index (χ0v) is 14.1. The summed E-state index contributed by atoms with van der Waals surface area (Å²) in [6, 6.07) is 12.5. The lowest BCUT2D eigenvalue weighted by molar-refractivity contribution is 0.0979. The van der Waals surface area contributed by atoms with Crippen molar-refractivity contribution in [3.63, 3.8) is 0 Å². The Bertz CT molecular complexity index is 779. The van der Waals surface area contributed by atoms with Gasteiger partial charge in [0.25, 0.3) is 0 Å². The number of carbonyl (C=O) groups is 2. The molecule has 1 N–H and O–H groups in total. The first-order valence-electron chi connectivity index (χ1n) is 8.45. The van der Waals surface area contributed by atoms with E-state index in [1.807, 2.05) is 12.1 Å². The predicted molar refractivity (Wildman–Crippen MR) is 96.0 cm³/mol. The third-order valence-electron chi connectivity index (χ3n) is 4.59. The Labute approximate surface area is 142 Å². The van der Waals surface area contributed by atoms with Crippen LogP contribution in [0.4, 0.5) is 5.69 Å². The van der Waals surface area contributed by atoms with Gasteiger partial charge in [0.15, 0.2) is 11.6 Å². The molecular formula is C20H22N2O2. The first-order valence-corrected chi connectivity index (χ1v) is 8.45. The summed E-state index contributed by atoms with van der Waals surface area (Å²) in [6.07, 6.45) is 0. The van der Waals surface area contributed by atoms with Crippen molar-refractivity contribution < 1.29 is 9.59 Å². The monoisotopic (exact) mass is 322 g/mol. The molecule has 1 aliphatic rings. The quantitative estimate of drug-likeness (QED) is 0.757. The summed E-state index contributed by atoms with van der Waals surface area (Å²) in [5.41, 5.74) is 2.73. The van der Waals surface area contributed by atoms with Crippen molar-refractivity contribution in [2.45, 2.75) is 13.8 Å². The fraction of sp³-hybridized carbons (Fsp3) is 0.300. The summed E-state index contributed by atoms with van der Waals surface area (Å²) >= 11 is 0. The summed E-state index contributed by atoms with van der Waals surface area (Å²) in [4.78, 5) is 27.9. The lowest BCUT2D eigenvalue weighted by Gasteiger charge is -2.22. The van der Waals surface area contributed by atoms with Gasteiger partial charge in [0.1, 0.15) is 0 Å². The van der Waals surface area contributed by atoms with Crippen LogP contribution in [0.15, 0.2) is 42.5 Å². The summed E-state index contributed by atoms with van der Waals surface area (Å²) < 4.78 is 0. The minimum absolute atomic E-state index is 0.0763. The molecule has 2 aromatic carbocycles. The summed E-state index contributed by atoms with van der Waals surface area (Å²) in [5.74, 6) is -0.154. The molecule has 0 bridgehead atoms. The van der Waals surface area contributed by atoms with Gasteiger partial charge in [-0.25, -0.2) is 0 Å². The Morgan fingerprint density at radius 2 is 1.46 bits per heavy atom. The topological polar surface area (TPSA) is 49.4 Å². The summed E-state index contributed by atoms with van der Waals surface area (Å²) in [5, 5.41) is 3.34. The van der Waals surface area contributed by atoms with Crippen LogP contribution in [-0.4, -0.2) is 42.6 Å². The number of hydrogen-bond acceptors (Lipinski definition) is 4. The molecule has 1 aliphatic carbocycles. The van der Waals surface area contributed by atoms with Crippen molar-refractivity contribution in [3.05, 3.63) is 64.7 Å². The van der Waals surface area contributed by atoms with E-state index in [2.05, 4.69) is 24.1 Å². The van der Waals surface area contributed by atoms with Gasteiger partial charge in [-0.1, -0.05) is 50.2 Å². The van der Waals surface area contributed by atoms with Crippen LogP contribution in [0, 0.1) is 0 Å². The second kappa shape index (κ2) is 6.97. The molecule has 0 aromatic heterocycles. The van der Waals surface area contributed by atoms with Gasteiger partial charge in [-0.3, -0.25) is 9.59 Å². The van der Waals surface area contributed by atoms with Crippen LogP contribution >= 0.6 is 0 Å². The van der Waals surface area contributed by atoms with Crippen LogP contribution in [-0.2, 0) is 0 Å². The van der Waals surface area contributed by atoms with Crippen molar-refractivity contribution >= 4 is 17.3 Å². The number of anilines is 1. The molecule has 0 amide bonds. The average molecular weight is 322 g/mol. The van der Waals surface area contributed by atoms with Crippen LogP contribution < -0.4 is 5.32 Å². The van der Waals surface area contributed by atoms with Crippen LogP contribution in [0.5, 0.6) is 0 Å². The third-order valence-corrected chi connectivity index (χ3v) is 4.59. The van der Waals surface area contributed by atoms with Crippen molar-refractivity contribution in [2.24, 2.45) is 0 Å². The second-order valence-corrected chi connectivity index (χ2v) is 5.89. The minimum atomic E-state index is -0.0776. The maximum absolute atomic E-state index is 12.9. The van der Waals surface area contributed by atoms with E-state index < -0.39 is 0 Å². The number of likely N-dealkylation sites (N-methyl/N-ethyl adjacent to an activating group) is 1. The summed E-state index contributed by atoms with van der Waals surface area (Å²) in [7, 11) is 0. The molecule has 0 saturated carbocycles. The van der Waals surface area contributed by atoms with Crippen LogP contribution in [0.1, 0.15) is 45.7 Å². The van der Waals surface area contributed by atoms with Gasteiger partial charge in [-0.2, -0.15) is 0 Å². The molecule has 2 aromatic rings. The molecule has 0 heterocycles. The first kappa shape index (κ1) is 16.4. The maximum atomic E-state index is 12.9. The zero-order valence-electron chi connectivity index (χ0n) is 14.1. The van der Waals surface area contributed by atoms with Gasteiger partial charge >= 0.3 is 0 Å². The van der Waals surface area contributed by atoms with E-state index in [0.29, 0.717) is 22.3 Å². The molecule has 0 saturated heterocycles. The molecule has 0 spiro atoms. The first-order chi connectivity index (χ1) is 11.7. The number of hydrogen-bond donors (Lipinski definition) is 1. The van der Waals surface area contributed by atoms with Gasteiger partial charge in [-0.05, 0) is 19.2 Å². The Balaban J connectivity index is 1.90. The molecule has 124 valence electrons. The van der Waals surface area contributed by atoms with E-state index in [9.17, 15) is 9.59 Å². The normalized spacial score (nSPS) is 13.0. The molecule has 0 fully saturated rings. The maximum Gasteiger partial charge on any atom is 0.196 e. The summed E-state index contributed by atoms with van der Waals surface area (Å²) in [6.45, 7) is 7.89. The highest BCUT2D eigenvalue weighted by Crippen LogP contribution is 2.31. The Morgan fingerprint density at radius 1 is 0.833 bits per heavy atom. The lowest BCUT2D eigenvalue weighted by atomic mass is 9.83. The molecule has 0 atom stereocenters. The molecule has 24 heavy (non-hydrogen) atoms. The van der Waals surface area contributed by atoms with Crippen molar-refractivity contribution in [1.29, 1.82) is 0 Å². The van der Waals surface area contributed by atoms with Crippen LogP contribution in [0.2, 0.25) is 0 Å². The van der Waals surface area contributed by atoms with E-state index in [-0.39, 0.29) is 11.6 Å². The van der Waals surface area contributed by atoms with E-state index in [4.69, 9.17) is 0 Å². The molecule has 4 nitrogen and oxygen atoms in total. The second-order valence-electron chi connectivity index (χ2n) is 5.89. The highest BCUT2D eigenvalue weighted by atomic mass is 16.1. The van der Waals surface area contributed by atoms with Crippen LogP contribution in [0.3, 0.4) is 0 Å². The molecular weight excluding hydrogens is 300 g/mol. The largest absolute Gasteiger partial charge is 0.383 e. The number of rotatable bonds is 6. The minimum Gasteiger partial charge on any atom is -0.383 e. The molecule has 0 aliphatic heterocycles. The molecule has 0 unspecified atom stereocenters. The third kappa shape index (κ3) is 2.85. The number of carbonyl (C=O) groups excluding carboxylic acids is 2. The Morgan fingerprint density at radius 3 is 2.12 bits per heavy atom. The molecule has 3 rings (SSSR count). The van der Waals surface area contributed by atoms with Gasteiger partial charge in [0.2, 0.25) is 0 Å². The van der Waals surface area contributed by atoms with E-state index in [1.54, 1.807) is 30.3 Å². The Kier molecular flexibility index (Phi) is 4.76. The van der Waals surface area contributed by atoms with E-state index in [1.165, 1.54) is 0 Å². The fourth-order valence-electron chi connectivity index (χ4n) is 3.18. The van der Waals surface area contributed by atoms with Crippen molar-refractivity contribution in [2.75, 3.05) is 31.5 Å². The highest BCUT2D eigenvalue weighted by molar-refractivity contribution is 6.30. The fourth-order valence-corrected chi connectivity index (χ4v) is 3.18. The molecule has 0 radical (unpaired) electrons. The van der Waals surface area contributed by atoms with E-state index in [0.717, 1.165) is 31.9 Å². The van der Waals surface area contributed by atoms with Gasteiger partial charge in [0, 0.05) is 35.5 Å². The van der Waals surface area contributed by atoms with Gasteiger partial charge < -0.3 is 10.2 Å². The SMILES string of the molecule is CCN(CC)CCNc1cccc2c1C(=O)c1ccccc1C2=O. The average Bonchev–Trinajstić information content (AvgIpc) is 2.63. The number of ketones is 2. The van der Waals surface area contributed by atoms with Crippen molar-refractivity contribution in [3.8, 4) is 0 Å². The Hall–Kier alpha value is -2.46. The number of benzene rings is 2. The number of nitrogens with one attached hydrogen (secondary N) is 1. The van der Waals surface area contributed by atoms with Gasteiger partial charge in [-0.15, -0.1) is 0 Å². The predicted octanol–water partition coefficient (Wildman–Crippen LogP) is 3.22. The molecule has 4 heteroatoms. The van der Waals surface area contributed by atoms with Crippen molar-refractivity contribution in [1.82, 2.24) is 4.90 Å². The van der Waals surface area contributed by atoms with E-state index >= 15 is 0 Å². The van der Waals surface area contributed by atoms with Crippen LogP contribution in [0.25, 0.3) is 0 Å². The standard InChI is InChI=1S/C20H22N2O2/c1-3-22(4-2)13-12-21-17-11-7-10-16-18(17)20(24)15-9-6-5-8-14(15)19(16)23/h5-11,21H,3-4,12-13H2,1-2H3. The zero-order chi connectivity index (χ0) is 17.1. The number of fused-ring (bicyclic) bond motifs is 2. The van der Waals surface area contributed by atoms with Gasteiger partial charge in [0.05, 0.1) is 5.56 Å².